The molecule has 0 unspecified atom stereocenters. The van der Waals surface area contributed by atoms with E-state index in [0.717, 1.165) is 24.4 Å². The second kappa shape index (κ2) is 2.87. The van der Waals surface area contributed by atoms with E-state index in [2.05, 4.69) is 9.97 Å². The molecule has 70 valence electrons. The maximum absolute atomic E-state index is 5.62. The smallest absolute Gasteiger partial charge is 0.222 e. The van der Waals surface area contributed by atoms with Gasteiger partial charge in [-0.15, -0.1) is 0 Å². The minimum atomic E-state index is 0.393. The largest absolute Gasteiger partial charge is 0.368 e. The molecule has 0 aromatic carbocycles. The van der Waals surface area contributed by atoms with Gasteiger partial charge in [-0.3, -0.25) is 0 Å². The Kier molecular flexibility index (Phi) is 1.83. The monoisotopic (exact) mass is 178 g/mol. The first-order chi connectivity index (χ1) is 6.18. The highest BCUT2D eigenvalue weighted by molar-refractivity contribution is 5.52. The number of fused-ring (bicyclic) bond motifs is 1. The van der Waals surface area contributed by atoms with Gasteiger partial charge in [-0.2, -0.15) is 4.98 Å². The van der Waals surface area contributed by atoms with E-state index in [4.69, 9.17) is 5.73 Å². The van der Waals surface area contributed by atoms with E-state index >= 15 is 0 Å². The lowest BCUT2D eigenvalue weighted by molar-refractivity contribution is 0.899. The van der Waals surface area contributed by atoms with Crippen LogP contribution in [0.15, 0.2) is 0 Å². The fourth-order valence-corrected chi connectivity index (χ4v) is 1.80. The summed E-state index contributed by atoms with van der Waals surface area (Å²) in [6, 6.07) is 0. The molecule has 0 atom stereocenters. The highest BCUT2D eigenvalue weighted by Crippen LogP contribution is 2.27. The highest BCUT2D eigenvalue weighted by atomic mass is 15.2. The molecule has 0 spiro atoms. The van der Waals surface area contributed by atoms with Gasteiger partial charge in [-0.25, -0.2) is 4.98 Å². The summed E-state index contributed by atoms with van der Waals surface area (Å²) in [4.78, 5) is 10.5. The lowest BCUT2D eigenvalue weighted by Crippen LogP contribution is -2.15. The lowest BCUT2D eigenvalue weighted by Gasteiger charge is -2.15. The molecule has 0 radical (unpaired) electrons. The molecule has 1 aromatic heterocycles. The molecule has 0 amide bonds. The van der Waals surface area contributed by atoms with E-state index in [1.54, 1.807) is 0 Å². The minimum Gasteiger partial charge on any atom is -0.368 e. The molecule has 1 aromatic rings. The van der Waals surface area contributed by atoms with E-state index in [9.17, 15) is 0 Å². The molecule has 13 heavy (non-hydrogen) atoms. The molecule has 1 aliphatic rings. The van der Waals surface area contributed by atoms with Crippen LogP contribution in [0.25, 0.3) is 0 Å². The van der Waals surface area contributed by atoms with E-state index in [1.807, 2.05) is 19.0 Å². The summed E-state index contributed by atoms with van der Waals surface area (Å²) in [5.41, 5.74) is 8.03. The molecule has 1 heterocycles. The third kappa shape index (κ3) is 1.32. The summed E-state index contributed by atoms with van der Waals surface area (Å²) in [5, 5.41) is 0. The summed E-state index contributed by atoms with van der Waals surface area (Å²) in [5.74, 6) is 1.38. The number of nitrogens with two attached hydrogens (primary N) is 1. The number of nitrogen functional groups attached to an aromatic ring is 1. The predicted octanol–water partition coefficient (Wildman–Crippen LogP) is 0.613. The molecule has 0 bridgehead atoms. The maximum Gasteiger partial charge on any atom is 0.222 e. The average molecular weight is 178 g/mol. The van der Waals surface area contributed by atoms with Gasteiger partial charge in [0.05, 0.1) is 5.69 Å². The van der Waals surface area contributed by atoms with E-state index < -0.39 is 0 Å². The Morgan fingerprint density at radius 3 is 2.69 bits per heavy atom. The Bertz CT molecular complexity index is 333. The van der Waals surface area contributed by atoms with Gasteiger partial charge in [0.25, 0.3) is 0 Å². The second-order valence-corrected chi connectivity index (χ2v) is 3.58. The summed E-state index contributed by atoms with van der Waals surface area (Å²) in [7, 11) is 3.97. The van der Waals surface area contributed by atoms with Crippen LogP contribution < -0.4 is 10.6 Å². The molecule has 0 saturated heterocycles. The summed E-state index contributed by atoms with van der Waals surface area (Å²) < 4.78 is 0. The summed E-state index contributed by atoms with van der Waals surface area (Å²) in [6.07, 6.45) is 3.31. The van der Waals surface area contributed by atoms with Crippen LogP contribution in [-0.4, -0.2) is 24.1 Å². The Balaban J connectivity index is 2.55. The van der Waals surface area contributed by atoms with Crippen molar-refractivity contribution in [1.82, 2.24) is 9.97 Å². The molecule has 1 aliphatic carbocycles. The Morgan fingerprint density at radius 2 is 2.00 bits per heavy atom. The standard InChI is InChI=1S/C9H14N4/c1-13(2)8-6-4-3-5-7(6)11-9(10)12-8/h3-5H2,1-2H3,(H2,10,11,12). The van der Waals surface area contributed by atoms with Crippen molar-refractivity contribution in [2.75, 3.05) is 24.7 Å². The zero-order chi connectivity index (χ0) is 9.42. The van der Waals surface area contributed by atoms with Crippen LogP contribution in [0.1, 0.15) is 17.7 Å². The Morgan fingerprint density at radius 1 is 1.23 bits per heavy atom. The number of hydrogen-bond donors (Lipinski definition) is 1. The van der Waals surface area contributed by atoms with Crippen molar-refractivity contribution < 1.29 is 0 Å². The first-order valence-corrected chi connectivity index (χ1v) is 4.51. The number of nitrogens with zero attached hydrogens (tertiary/aromatic N) is 3. The van der Waals surface area contributed by atoms with Crippen LogP contribution in [0, 0.1) is 0 Å². The Labute approximate surface area is 77.8 Å². The number of anilines is 2. The van der Waals surface area contributed by atoms with Crippen molar-refractivity contribution in [3.05, 3.63) is 11.3 Å². The minimum absolute atomic E-state index is 0.393. The number of aryl methyl sites for hydroxylation is 1. The van der Waals surface area contributed by atoms with Crippen molar-refractivity contribution in [2.45, 2.75) is 19.3 Å². The van der Waals surface area contributed by atoms with Gasteiger partial charge in [-0.1, -0.05) is 0 Å². The van der Waals surface area contributed by atoms with Crippen molar-refractivity contribution >= 4 is 11.8 Å². The zero-order valence-corrected chi connectivity index (χ0v) is 8.04. The van der Waals surface area contributed by atoms with E-state index in [-0.39, 0.29) is 0 Å². The third-order valence-corrected chi connectivity index (χ3v) is 2.35. The first kappa shape index (κ1) is 8.29. The van der Waals surface area contributed by atoms with E-state index in [0.29, 0.717) is 5.95 Å². The number of aromatic nitrogens is 2. The van der Waals surface area contributed by atoms with E-state index in [1.165, 1.54) is 12.0 Å². The van der Waals surface area contributed by atoms with Crippen LogP contribution in [0.5, 0.6) is 0 Å². The average Bonchev–Trinajstić information content (AvgIpc) is 2.49. The van der Waals surface area contributed by atoms with Crippen LogP contribution >= 0.6 is 0 Å². The lowest BCUT2D eigenvalue weighted by atomic mass is 10.2. The Hall–Kier alpha value is -1.32. The highest BCUT2D eigenvalue weighted by Gasteiger charge is 2.19. The van der Waals surface area contributed by atoms with Crippen LogP contribution in [0.2, 0.25) is 0 Å². The fraction of sp³-hybridized carbons (Fsp3) is 0.556. The molecule has 0 saturated carbocycles. The topological polar surface area (TPSA) is 55.0 Å². The fourth-order valence-electron chi connectivity index (χ4n) is 1.80. The predicted molar refractivity (Wildman–Crippen MR) is 52.8 cm³/mol. The van der Waals surface area contributed by atoms with Gasteiger partial charge < -0.3 is 10.6 Å². The van der Waals surface area contributed by atoms with Gasteiger partial charge >= 0.3 is 0 Å². The van der Waals surface area contributed by atoms with Crippen molar-refractivity contribution in [3.63, 3.8) is 0 Å². The molecule has 4 nitrogen and oxygen atoms in total. The van der Waals surface area contributed by atoms with Gasteiger partial charge in [-0.05, 0) is 19.3 Å². The summed E-state index contributed by atoms with van der Waals surface area (Å²) in [6.45, 7) is 0. The SMILES string of the molecule is CN(C)c1nc(N)nc2c1CCC2. The van der Waals surface area contributed by atoms with Crippen molar-refractivity contribution in [3.8, 4) is 0 Å². The van der Waals surface area contributed by atoms with Crippen molar-refractivity contribution in [1.29, 1.82) is 0 Å². The molecular weight excluding hydrogens is 164 g/mol. The second-order valence-electron chi connectivity index (χ2n) is 3.58. The van der Waals surface area contributed by atoms with Gasteiger partial charge in [0.1, 0.15) is 5.82 Å². The number of rotatable bonds is 1. The number of hydrogen-bond acceptors (Lipinski definition) is 4. The van der Waals surface area contributed by atoms with Gasteiger partial charge in [0.2, 0.25) is 5.95 Å². The first-order valence-electron chi connectivity index (χ1n) is 4.51. The molecule has 4 heteroatoms. The quantitative estimate of drug-likeness (QED) is 0.684. The van der Waals surface area contributed by atoms with Crippen LogP contribution in [-0.2, 0) is 12.8 Å². The molecule has 0 aliphatic heterocycles. The molecule has 0 fully saturated rings. The zero-order valence-electron chi connectivity index (χ0n) is 8.04. The maximum atomic E-state index is 5.62. The van der Waals surface area contributed by atoms with Crippen LogP contribution in [0.3, 0.4) is 0 Å². The van der Waals surface area contributed by atoms with Gasteiger partial charge in [0, 0.05) is 19.7 Å². The third-order valence-electron chi connectivity index (χ3n) is 2.35. The summed E-state index contributed by atoms with van der Waals surface area (Å²) >= 11 is 0. The normalized spacial score (nSPS) is 14.3. The van der Waals surface area contributed by atoms with Crippen LogP contribution in [0.4, 0.5) is 11.8 Å². The molecule has 2 N–H and O–H groups in total. The molecular formula is C9H14N4. The van der Waals surface area contributed by atoms with Crippen molar-refractivity contribution in [2.24, 2.45) is 0 Å². The molecule has 2 rings (SSSR count). The van der Waals surface area contributed by atoms with Gasteiger partial charge in [0.15, 0.2) is 0 Å².